The van der Waals surface area contributed by atoms with Gasteiger partial charge in [0.15, 0.2) is 11.7 Å². The van der Waals surface area contributed by atoms with Crippen molar-refractivity contribution < 1.29 is 9.21 Å². The first-order chi connectivity index (χ1) is 13.1. The van der Waals surface area contributed by atoms with E-state index in [2.05, 4.69) is 34.0 Å². The van der Waals surface area contributed by atoms with Crippen molar-refractivity contribution >= 4 is 11.9 Å². The smallest absolute Gasteiger partial charge is 0.289 e. The van der Waals surface area contributed by atoms with E-state index in [1.807, 2.05) is 11.9 Å². The van der Waals surface area contributed by atoms with Crippen molar-refractivity contribution in [3.63, 3.8) is 0 Å². The molecular weight excluding hydrogens is 342 g/mol. The van der Waals surface area contributed by atoms with Crippen LogP contribution in [-0.4, -0.2) is 85.5 Å². The lowest BCUT2D eigenvalue weighted by Gasteiger charge is -2.38. The third-order valence-electron chi connectivity index (χ3n) is 5.81. The summed E-state index contributed by atoms with van der Waals surface area (Å²) in [6.45, 7) is 10.8. The van der Waals surface area contributed by atoms with Gasteiger partial charge in [-0.25, -0.2) is 0 Å². The van der Waals surface area contributed by atoms with Crippen LogP contribution in [0.4, 0.5) is 0 Å². The van der Waals surface area contributed by atoms with E-state index in [1.54, 1.807) is 18.4 Å². The number of carbonyl (C=O) groups excluding carboxylic acids is 1. The summed E-state index contributed by atoms with van der Waals surface area (Å²) in [6.07, 6.45) is 4.13. The average molecular weight is 376 g/mol. The predicted octanol–water partition coefficient (Wildman–Crippen LogP) is 1.73. The van der Waals surface area contributed by atoms with Crippen molar-refractivity contribution in [2.45, 2.75) is 32.7 Å². The molecule has 27 heavy (non-hydrogen) atoms. The maximum absolute atomic E-state index is 12.4. The summed E-state index contributed by atoms with van der Waals surface area (Å²) < 4.78 is 5.23. The number of nitrogens with zero attached hydrogens (tertiary/aromatic N) is 4. The molecule has 7 nitrogen and oxygen atoms in total. The predicted molar refractivity (Wildman–Crippen MR) is 107 cm³/mol. The summed E-state index contributed by atoms with van der Waals surface area (Å²) in [4.78, 5) is 23.5. The molecule has 0 spiro atoms. The molecule has 2 aliphatic heterocycles. The number of piperazine rings is 1. The standard InChI is InChI=1S/C20H33N5O2/c1-16-6-8-23(9-7-16)17(2)15-22-20(21-3)25-12-10-24(11-13-25)19(26)18-5-4-14-27-18/h4-5,14,16-17H,6-13,15H2,1-3H3,(H,21,22). The highest BCUT2D eigenvalue weighted by atomic mass is 16.3. The van der Waals surface area contributed by atoms with Crippen LogP contribution in [0.15, 0.2) is 27.8 Å². The molecule has 1 unspecified atom stereocenters. The zero-order chi connectivity index (χ0) is 19.2. The second-order valence-corrected chi connectivity index (χ2v) is 7.75. The van der Waals surface area contributed by atoms with Crippen molar-refractivity contribution in [1.82, 2.24) is 20.0 Å². The molecule has 0 saturated carbocycles. The van der Waals surface area contributed by atoms with E-state index >= 15 is 0 Å². The molecule has 150 valence electrons. The van der Waals surface area contributed by atoms with Crippen molar-refractivity contribution in [2.75, 3.05) is 52.9 Å². The van der Waals surface area contributed by atoms with Gasteiger partial charge in [0.1, 0.15) is 0 Å². The maximum Gasteiger partial charge on any atom is 0.289 e. The van der Waals surface area contributed by atoms with Gasteiger partial charge in [0.05, 0.1) is 6.26 Å². The van der Waals surface area contributed by atoms with Crippen molar-refractivity contribution in [3.05, 3.63) is 24.2 Å². The number of hydrogen-bond donors (Lipinski definition) is 1. The van der Waals surface area contributed by atoms with Gasteiger partial charge in [0.2, 0.25) is 0 Å². The Morgan fingerprint density at radius 1 is 1.22 bits per heavy atom. The molecule has 0 radical (unpaired) electrons. The van der Waals surface area contributed by atoms with Gasteiger partial charge in [-0.15, -0.1) is 0 Å². The highest BCUT2D eigenvalue weighted by molar-refractivity contribution is 5.91. The number of amides is 1. The van der Waals surface area contributed by atoms with E-state index in [-0.39, 0.29) is 5.91 Å². The Balaban J connectivity index is 1.44. The Morgan fingerprint density at radius 2 is 1.89 bits per heavy atom. The molecular formula is C20H33N5O2. The molecule has 1 aromatic rings. The molecule has 0 aliphatic carbocycles. The lowest BCUT2D eigenvalue weighted by atomic mass is 9.98. The highest BCUT2D eigenvalue weighted by Crippen LogP contribution is 2.17. The molecule has 0 aromatic carbocycles. The molecule has 0 bridgehead atoms. The van der Waals surface area contributed by atoms with Crippen molar-refractivity contribution in [2.24, 2.45) is 10.9 Å². The first-order valence-electron chi connectivity index (χ1n) is 10.1. The molecule has 1 amide bonds. The first-order valence-corrected chi connectivity index (χ1v) is 10.1. The lowest BCUT2D eigenvalue weighted by molar-refractivity contribution is 0.0657. The quantitative estimate of drug-likeness (QED) is 0.641. The second kappa shape index (κ2) is 9.26. The Hall–Kier alpha value is -2.02. The number of likely N-dealkylation sites (tertiary alicyclic amines) is 1. The fourth-order valence-electron chi connectivity index (χ4n) is 3.85. The van der Waals surface area contributed by atoms with E-state index < -0.39 is 0 Å². The topological polar surface area (TPSA) is 64.3 Å². The summed E-state index contributed by atoms with van der Waals surface area (Å²) in [5.41, 5.74) is 0. The van der Waals surface area contributed by atoms with Crippen LogP contribution in [0.3, 0.4) is 0 Å². The Kier molecular flexibility index (Phi) is 6.77. The summed E-state index contributed by atoms with van der Waals surface area (Å²) in [6, 6.07) is 3.97. The van der Waals surface area contributed by atoms with Crippen LogP contribution in [0.1, 0.15) is 37.2 Å². The van der Waals surface area contributed by atoms with E-state index in [4.69, 9.17) is 4.42 Å². The first kappa shape index (κ1) is 19.7. The average Bonchev–Trinajstić information content (AvgIpc) is 3.23. The van der Waals surface area contributed by atoms with E-state index in [1.165, 1.54) is 25.9 Å². The molecule has 7 heteroatoms. The Morgan fingerprint density at radius 3 is 2.48 bits per heavy atom. The fraction of sp³-hybridized carbons (Fsp3) is 0.700. The molecule has 3 heterocycles. The van der Waals surface area contributed by atoms with Gasteiger partial charge < -0.3 is 19.5 Å². The van der Waals surface area contributed by atoms with Gasteiger partial charge in [-0.05, 0) is 50.9 Å². The number of aliphatic imine (C=N–C) groups is 1. The van der Waals surface area contributed by atoms with E-state index in [0.717, 1.165) is 31.5 Å². The highest BCUT2D eigenvalue weighted by Gasteiger charge is 2.26. The van der Waals surface area contributed by atoms with Crippen LogP contribution < -0.4 is 5.32 Å². The Labute approximate surface area is 162 Å². The van der Waals surface area contributed by atoms with E-state index in [0.29, 0.717) is 24.9 Å². The van der Waals surface area contributed by atoms with Crippen LogP contribution in [0.5, 0.6) is 0 Å². The minimum atomic E-state index is -0.0319. The zero-order valence-corrected chi connectivity index (χ0v) is 16.9. The zero-order valence-electron chi connectivity index (χ0n) is 16.9. The van der Waals surface area contributed by atoms with Gasteiger partial charge in [-0.3, -0.25) is 14.7 Å². The Bertz CT molecular complexity index is 614. The number of carbonyl (C=O) groups is 1. The van der Waals surface area contributed by atoms with Crippen LogP contribution in [-0.2, 0) is 0 Å². The third-order valence-corrected chi connectivity index (χ3v) is 5.81. The van der Waals surface area contributed by atoms with Gasteiger partial charge in [0, 0.05) is 45.8 Å². The largest absolute Gasteiger partial charge is 0.459 e. The van der Waals surface area contributed by atoms with Gasteiger partial charge in [-0.1, -0.05) is 6.92 Å². The van der Waals surface area contributed by atoms with Crippen molar-refractivity contribution in [1.29, 1.82) is 0 Å². The monoisotopic (exact) mass is 375 g/mol. The molecule has 1 N–H and O–H groups in total. The molecule has 2 aliphatic rings. The number of furan rings is 1. The van der Waals surface area contributed by atoms with Gasteiger partial charge >= 0.3 is 0 Å². The third kappa shape index (κ3) is 5.03. The summed E-state index contributed by atoms with van der Waals surface area (Å²) in [7, 11) is 1.83. The normalized spacial score (nSPS) is 21.4. The maximum atomic E-state index is 12.4. The molecule has 2 saturated heterocycles. The van der Waals surface area contributed by atoms with Crippen LogP contribution >= 0.6 is 0 Å². The molecule has 2 fully saturated rings. The second-order valence-electron chi connectivity index (χ2n) is 7.75. The fourth-order valence-corrected chi connectivity index (χ4v) is 3.85. The summed E-state index contributed by atoms with van der Waals surface area (Å²) >= 11 is 0. The number of rotatable bonds is 4. The number of hydrogen-bond acceptors (Lipinski definition) is 4. The summed E-state index contributed by atoms with van der Waals surface area (Å²) in [5.74, 6) is 2.16. The number of piperidine rings is 1. The van der Waals surface area contributed by atoms with Crippen LogP contribution in [0, 0.1) is 5.92 Å². The van der Waals surface area contributed by atoms with E-state index in [9.17, 15) is 4.79 Å². The number of guanidine groups is 1. The molecule has 3 rings (SSSR count). The van der Waals surface area contributed by atoms with Gasteiger partial charge in [0.25, 0.3) is 5.91 Å². The van der Waals surface area contributed by atoms with Crippen LogP contribution in [0.2, 0.25) is 0 Å². The van der Waals surface area contributed by atoms with Crippen LogP contribution in [0.25, 0.3) is 0 Å². The minimum Gasteiger partial charge on any atom is -0.459 e. The number of nitrogens with one attached hydrogen (secondary N) is 1. The molecule has 1 atom stereocenters. The van der Waals surface area contributed by atoms with Crippen molar-refractivity contribution in [3.8, 4) is 0 Å². The molecule has 1 aromatic heterocycles. The SMILES string of the molecule is CN=C(NCC(C)N1CCC(C)CC1)N1CCN(C(=O)c2ccco2)CC1. The lowest BCUT2D eigenvalue weighted by Crippen LogP contribution is -2.55. The van der Waals surface area contributed by atoms with Gasteiger partial charge in [-0.2, -0.15) is 0 Å². The minimum absolute atomic E-state index is 0.0319. The summed E-state index contributed by atoms with van der Waals surface area (Å²) in [5, 5.41) is 3.53.